The van der Waals surface area contributed by atoms with E-state index in [-0.39, 0.29) is 18.0 Å². The van der Waals surface area contributed by atoms with Crippen LogP contribution in [0.4, 0.5) is 4.39 Å². The van der Waals surface area contributed by atoms with Crippen molar-refractivity contribution in [1.29, 1.82) is 0 Å². The van der Waals surface area contributed by atoms with Crippen LogP contribution >= 0.6 is 11.8 Å². The highest BCUT2D eigenvalue weighted by Crippen LogP contribution is 2.16. The molecule has 0 saturated heterocycles. The van der Waals surface area contributed by atoms with Gasteiger partial charge in [-0.1, -0.05) is 24.3 Å². The van der Waals surface area contributed by atoms with Gasteiger partial charge in [0.15, 0.2) is 5.78 Å². The minimum Gasteiger partial charge on any atom is -0.294 e. The lowest BCUT2D eigenvalue weighted by molar-refractivity contribution is 0.0993. The second kappa shape index (κ2) is 5.83. The first-order valence-electron chi connectivity index (χ1n) is 5.61. The van der Waals surface area contributed by atoms with Crippen molar-refractivity contribution in [2.45, 2.75) is 11.3 Å². The number of halogens is 1. The molecule has 0 aliphatic rings. The molecule has 0 aliphatic carbocycles. The van der Waals surface area contributed by atoms with Crippen LogP contribution in [0.3, 0.4) is 0 Å². The molecule has 0 amide bonds. The lowest BCUT2D eigenvalue weighted by Crippen LogP contribution is -2.03. The Balaban J connectivity index is 2.11. The lowest BCUT2D eigenvalue weighted by Gasteiger charge is -2.03. The van der Waals surface area contributed by atoms with Gasteiger partial charge in [-0.2, -0.15) is 0 Å². The van der Waals surface area contributed by atoms with Gasteiger partial charge in [-0.3, -0.25) is 4.79 Å². The fourth-order valence-corrected chi connectivity index (χ4v) is 2.12. The Labute approximate surface area is 110 Å². The second-order valence-electron chi connectivity index (χ2n) is 3.96. The van der Waals surface area contributed by atoms with E-state index in [0.717, 1.165) is 4.90 Å². The topological polar surface area (TPSA) is 17.1 Å². The first-order chi connectivity index (χ1) is 8.69. The number of ketones is 1. The number of rotatable bonds is 4. The van der Waals surface area contributed by atoms with Crippen molar-refractivity contribution in [3.8, 4) is 0 Å². The van der Waals surface area contributed by atoms with E-state index in [9.17, 15) is 9.18 Å². The largest absolute Gasteiger partial charge is 0.294 e. The summed E-state index contributed by atoms with van der Waals surface area (Å²) in [5, 5.41) is 0. The zero-order valence-corrected chi connectivity index (χ0v) is 10.8. The van der Waals surface area contributed by atoms with E-state index in [0.29, 0.717) is 11.1 Å². The minimum atomic E-state index is -0.307. The van der Waals surface area contributed by atoms with Gasteiger partial charge < -0.3 is 0 Å². The van der Waals surface area contributed by atoms with E-state index in [1.54, 1.807) is 23.9 Å². The van der Waals surface area contributed by atoms with Crippen LogP contribution in [0.5, 0.6) is 0 Å². The Morgan fingerprint density at radius 1 is 1.17 bits per heavy atom. The van der Waals surface area contributed by atoms with Gasteiger partial charge in [0.05, 0.1) is 0 Å². The van der Waals surface area contributed by atoms with Crippen LogP contribution in [-0.4, -0.2) is 12.0 Å². The zero-order chi connectivity index (χ0) is 13.0. The van der Waals surface area contributed by atoms with Crippen LogP contribution in [-0.2, 0) is 6.42 Å². The van der Waals surface area contributed by atoms with Crippen molar-refractivity contribution in [2.24, 2.45) is 0 Å². The molecule has 0 bridgehead atoms. The van der Waals surface area contributed by atoms with Gasteiger partial charge >= 0.3 is 0 Å². The van der Waals surface area contributed by atoms with Crippen LogP contribution in [0.25, 0.3) is 0 Å². The van der Waals surface area contributed by atoms with Crippen molar-refractivity contribution in [3.05, 3.63) is 65.5 Å². The Morgan fingerprint density at radius 3 is 2.50 bits per heavy atom. The highest BCUT2D eigenvalue weighted by atomic mass is 32.2. The summed E-state index contributed by atoms with van der Waals surface area (Å²) in [6.07, 6.45) is 2.22. The normalized spacial score (nSPS) is 10.3. The number of benzene rings is 2. The quantitative estimate of drug-likeness (QED) is 0.611. The smallest absolute Gasteiger partial charge is 0.167 e. The van der Waals surface area contributed by atoms with Gasteiger partial charge in [0.1, 0.15) is 5.82 Å². The summed E-state index contributed by atoms with van der Waals surface area (Å²) in [5.74, 6) is -0.300. The molecule has 0 aliphatic heterocycles. The molecule has 0 saturated carbocycles. The minimum absolute atomic E-state index is 0.00764. The Hall–Kier alpha value is -1.61. The lowest BCUT2D eigenvalue weighted by atomic mass is 10.0. The molecular formula is C15H13FOS. The second-order valence-corrected chi connectivity index (χ2v) is 4.84. The maximum atomic E-state index is 13.0. The molecule has 0 unspecified atom stereocenters. The summed E-state index contributed by atoms with van der Waals surface area (Å²) >= 11 is 1.63. The summed E-state index contributed by atoms with van der Waals surface area (Å²) in [6, 6.07) is 13.6. The molecule has 18 heavy (non-hydrogen) atoms. The molecule has 0 fully saturated rings. The van der Waals surface area contributed by atoms with Gasteiger partial charge in [0.25, 0.3) is 0 Å². The van der Waals surface area contributed by atoms with E-state index >= 15 is 0 Å². The number of carbonyl (C=O) groups is 1. The average molecular weight is 260 g/mol. The third-order valence-electron chi connectivity index (χ3n) is 2.67. The molecular weight excluding hydrogens is 247 g/mol. The monoisotopic (exact) mass is 260 g/mol. The van der Waals surface area contributed by atoms with Gasteiger partial charge in [-0.25, -0.2) is 4.39 Å². The Bertz CT molecular complexity index is 549. The molecule has 0 aromatic heterocycles. The van der Waals surface area contributed by atoms with Crippen LogP contribution in [0.2, 0.25) is 0 Å². The first-order valence-corrected chi connectivity index (χ1v) is 6.83. The van der Waals surface area contributed by atoms with Crippen molar-refractivity contribution in [3.63, 3.8) is 0 Å². The van der Waals surface area contributed by atoms with Crippen molar-refractivity contribution in [2.75, 3.05) is 6.26 Å². The summed E-state index contributed by atoms with van der Waals surface area (Å²) in [5.41, 5.74) is 1.37. The third-order valence-corrected chi connectivity index (χ3v) is 3.41. The predicted octanol–water partition coefficient (Wildman–Crippen LogP) is 3.97. The molecule has 0 radical (unpaired) electrons. The number of hydrogen-bond donors (Lipinski definition) is 0. The number of thioether (sulfide) groups is 1. The summed E-state index contributed by atoms with van der Waals surface area (Å²) in [7, 11) is 0. The van der Waals surface area contributed by atoms with Gasteiger partial charge in [-0.05, 0) is 36.1 Å². The molecule has 2 aromatic rings. The van der Waals surface area contributed by atoms with Gasteiger partial charge in [0.2, 0.25) is 0 Å². The van der Waals surface area contributed by atoms with E-state index in [4.69, 9.17) is 0 Å². The number of carbonyl (C=O) groups excluding carboxylic acids is 1. The van der Waals surface area contributed by atoms with E-state index in [2.05, 4.69) is 0 Å². The average Bonchev–Trinajstić information content (AvgIpc) is 2.39. The number of Topliss-reactive ketones (excluding diaryl/α,β-unsaturated/α-hetero) is 1. The fourth-order valence-electron chi connectivity index (χ4n) is 1.71. The maximum Gasteiger partial charge on any atom is 0.167 e. The molecule has 2 aromatic carbocycles. The summed E-state index contributed by atoms with van der Waals surface area (Å²) < 4.78 is 13.0. The molecule has 92 valence electrons. The molecule has 0 spiro atoms. The summed E-state index contributed by atoms with van der Waals surface area (Å²) in [6.45, 7) is 0. The molecule has 1 nitrogen and oxygen atoms in total. The predicted molar refractivity (Wildman–Crippen MR) is 72.7 cm³/mol. The van der Waals surface area contributed by atoms with E-state index < -0.39 is 0 Å². The molecule has 3 heteroatoms. The molecule has 2 rings (SSSR count). The van der Waals surface area contributed by atoms with Gasteiger partial charge in [-0.15, -0.1) is 11.8 Å². The van der Waals surface area contributed by atoms with Crippen molar-refractivity contribution >= 4 is 17.5 Å². The van der Waals surface area contributed by atoms with E-state index in [1.807, 2.05) is 30.5 Å². The SMILES string of the molecule is CSc1ccc(C(=O)Cc2cccc(F)c2)cc1. The highest BCUT2D eigenvalue weighted by Gasteiger charge is 2.07. The maximum absolute atomic E-state index is 13.0. The van der Waals surface area contributed by atoms with Crippen LogP contribution < -0.4 is 0 Å². The third kappa shape index (κ3) is 3.20. The van der Waals surface area contributed by atoms with E-state index in [1.165, 1.54) is 12.1 Å². The molecule has 0 atom stereocenters. The van der Waals surface area contributed by atoms with Crippen molar-refractivity contribution < 1.29 is 9.18 Å². The van der Waals surface area contributed by atoms with Crippen LogP contribution in [0, 0.1) is 5.82 Å². The fraction of sp³-hybridized carbons (Fsp3) is 0.133. The zero-order valence-electron chi connectivity index (χ0n) is 10.0. The highest BCUT2D eigenvalue weighted by molar-refractivity contribution is 7.98. The van der Waals surface area contributed by atoms with Crippen LogP contribution in [0.1, 0.15) is 15.9 Å². The molecule has 0 N–H and O–H groups in total. The Morgan fingerprint density at radius 2 is 1.89 bits per heavy atom. The number of hydrogen-bond acceptors (Lipinski definition) is 2. The Kier molecular flexibility index (Phi) is 4.15. The molecule has 0 heterocycles. The standard InChI is InChI=1S/C15H13FOS/c1-18-14-7-5-12(6-8-14)15(17)10-11-3-2-4-13(16)9-11/h2-9H,10H2,1H3. The van der Waals surface area contributed by atoms with Crippen LogP contribution in [0.15, 0.2) is 53.4 Å². The summed E-state index contributed by atoms with van der Waals surface area (Å²) in [4.78, 5) is 13.1. The van der Waals surface area contributed by atoms with Crippen molar-refractivity contribution in [1.82, 2.24) is 0 Å². The first kappa shape index (κ1) is 12.8. The van der Waals surface area contributed by atoms with Gasteiger partial charge in [0, 0.05) is 16.9 Å².